The topological polar surface area (TPSA) is 27.1 Å². The molecule has 0 aliphatic carbocycles. The first kappa shape index (κ1) is 11.7. The molecule has 0 radical (unpaired) electrons. The summed E-state index contributed by atoms with van der Waals surface area (Å²) in [6.07, 6.45) is 5.58. The average molecular weight is 244 g/mol. The fraction of sp³-hybridized carbons (Fsp3) is 0.533. The van der Waals surface area contributed by atoms with E-state index in [1.165, 1.54) is 40.4 Å². The van der Waals surface area contributed by atoms with E-state index < -0.39 is 0 Å². The molecule has 1 saturated heterocycles. The van der Waals surface area contributed by atoms with Gasteiger partial charge in [-0.25, -0.2) is 4.68 Å². The zero-order chi connectivity index (χ0) is 12.7. The van der Waals surface area contributed by atoms with Gasteiger partial charge in [0, 0.05) is 12.0 Å². The van der Waals surface area contributed by atoms with Crippen molar-refractivity contribution >= 4 is 10.9 Å². The molecular weight excluding hydrogens is 224 g/mol. The molecule has 1 aromatic heterocycles. The van der Waals surface area contributed by atoms with Crippen molar-refractivity contribution in [3.8, 4) is 0 Å². The lowest BCUT2D eigenvalue weighted by Crippen LogP contribution is -2.19. The molecule has 1 aliphatic heterocycles. The van der Waals surface area contributed by atoms with Gasteiger partial charge >= 0.3 is 0 Å². The highest BCUT2D eigenvalue weighted by Crippen LogP contribution is 2.29. The predicted octanol–water partition coefficient (Wildman–Crippen LogP) is 3.66. The summed E-state index contributed by atoms with van der Waals surface area (Å²) in [7, 11) is 0. The van der Waals surface area contributed by atoms with Crippen LogP contribution in [0.2, 0.25) is 0 Å². The number of ether oxygens (including phenoxy) is 1. The maximum Gasteiger partial charge on any atom is 0.150 e. The Bertz CT molecular complexity index is 580. The Morgan fingerprint density at radius 3 is 2.78 bits per heavy atom. The van der Waals surface area contributed by atoms with Gasteiger partial charge in [0.1, 0.15) is 0 Å². The van der Waals surface area contributed by atoms with Crippen molar-refractivity contribution in [2.24, 2.45) is 0 Å². The van der Waals surface area contributed by atoms with Gasteiger partial charge in [0.05, 0.1) is 11.7 Å². The smallest absolute Gasteiger partial charge is 0.150 e. The van der Waals surface area contributed by atoms with E-state index in [1.807, 2.05) is 6.20 Å². The number of hydrogen-bond donors (Lipinski definition) is 0. The van der Waals surface area contributed by atoms with E-state index in [9.17, 15) is 0 Å². The van der Waals surface area contributed by atoms with E-state index in [-0.39, 0.29) is 6.23 Å². The molecule has 1 atom stereocenters. The van der Waals surface area contributed by atoms with Crippen LogP contribution in [0.5, 0.6) is 0 Å². The average Bonchev–Trinajstić information content (AvgIpc) is 2.81. The van der Waals surface area contributed by atoms with Crippen LogP contribution in [0.4, 0.5) is 0 Å². The Morgan fingerprint density at radius 1 is 1.22 bits per heavy atom. The van der Waals surface area contributed by atoms with E-state index in [0.29, 0.717) is 0 Å². The molecule has 1 aliphatic rings. The lowest BCUT2D eigenvalue weighted by Gasteiger charge is -2.23. The minimum atomic E-state index is 0.123. The quantitative estimate of drug-likeness (QED) is 0.765. The number of aryl methyl sites for hydroxylation is 2. The van der Waals surface area contributed by atoms with Gasteiger partial charge in [0.15, 0.2) is 6.23 Å². The normalized spacial score (nSPS) is 20.5. The molecule has 2 heterocycles. The van der Waals surface area contributed by atoms with Crippen LogP contribution >= 0.6 is 0 Å². The Balaban J connectivity index is 2.13. The van der Waals surface area contributed by atoms with Gasteiger partial charge in [-0.05, 0) is 62.8 Å². The fourth-order valence-electron chi connectivity index (χ4n) is 2.76. The van der Waals surface area contributed by atoms with E-state index in [1.54, 1.807) is 0 Å². The molecule has 0 bridgehead atoms. The molecular formula is C15H20N2O. The third-order valence-electron chi connectivity index (χ3n) is 4.17. The highest BCUT2D eigenvalue weighted by Gasteiger charge is 2.19. The molecule has 0 spiro atoms. The number of rotatable bonds is 1. The summed E-state index contributed by atoms with van der Waals surface area (Å²) in [5.74, 6) is 0. The van der Waals surface area contributed by atoms with E-state index in [2.05, 4.69) is 36.6 Å². The number of fused-ring (bicyclic) bond motifs is 1. The van der Waals surface area contributed by atoms with Crippen LogP contribution in [0.3, 0.4) is 0 Å². The van der Waals surface area contributed by atoms with Gasteiger partial charge in [0.25, 0.3) is 0 Å². The summed E-state index contributed by atoms with van der Waals surface area (Å²) in [4.78, 5) is 0. The van der Waals surface area contributed by atoms with Gasteiger partial charge in [-0.3, -0.25) is 0 Å². The molecule has 0 amide bonds. The predicted molar refractivity (Wildman–Crippen MR) is 72.8 cm³/mol. The summed E-state index contributed by atoms with van der Waals surface area (Å²) < 4.78 is 7.90. The summed E-state index contributed by atoms with van der Waals surface area (Å²) in [5, 5.41) is 5.81. The summed E-state index contributed by atoms with van der Waals surface area (Å²) in [6, 6.07) is 2.24. The van der Waals surface area contributed by atoms with Crippen LogP contribution in [0.15, 0.2) is 12.3 Å². The van der Waals surface area contributed by atoms with Crippen molar-refractivity contribution in [3.63, 3.8) is 0 Å². The second kappa shape index (κ2) is 4.39. The van der Waals surface area contributed by atoms with Gasteiger partial charge < -0.3 is 4.74 Å². The third-order valence-corrected chi connectivity index (χ3v) is 4.17. The Morgan fingerprint density at radius 2 is 2.06 bits per heavy atom. The fourth-order valence-corrected chi connectivity index (χ4v) is 2.76. The van der Waals surface area contributed by atoms with Gasteiger partial charge in [-0.2, -0.15) is 5.10 Å². The van der Waals surface area contributed by atoms with Crippen LogP contribution in [0.25, 0.3) is 10.9 Å². The van der Waals surface area contributed by atoms with E-state index in [4.69, 9.17) is 4.74 Å². The number of aromatic nitrogens is 2. The van der Waals surface area contributed by atoms with E-state index >= 15 is 0 Å². The van der Waals surface area contributed by atoms with Crippen LogP contribution < -0.4 is 0 Å². The second-order valence-corrected chi connectivity index (χ2v) is 5.29. The molecule has 18 heavy (non-hydrogen) atoms. The van der Waals surface area contributed by atoms with Crippen LogP contribution in [0.1, 0.15) is 42.2 Å². The van der Waals surface area contributed by atoms with Crippen molar-refractivity contribution in [2.75, 3.05) is 6.61 Å². The van der Waals surface area contributed by atoms with Crippen molar-refractivity contribution < 1.29 is 4.74 Å². The molecule has 3 nitrogen and oxygen atoms in total. The van der Waals surface area contributed by atoms with Gasteiger partial charge in [0.2, 0.25) is 0 Å². The Kier molecular flexibility index (Phi) is 2.86. The minimum Gasteiger partial charge on any atom is -0.356 e. The first-order chi connectivity index (χ1) is 8.68. The molecule has 96 valence electrons. The highest BCUT2D eigenvalue weighted by atomic mass is 16.5. The van der Waals surface area contributed by atoms with Crippen molar-refractivity contribution in [1.29, 1.82) is 0 Å². The number of nitrogens with zero attached hydrogens (tertiary/aromatic N) is 2. The molecule has 3 rings (SSSR count). The van der Waals surface area contributed by atoms with Crippen molar-refractivity contribution in [3.05, 3.63) is 29.0 Å². The molecule has 2 aromatic rings. The van der Waals surface area contributed by atoms with Gasteiger partial charge in [-0.1, -0.05) is 0 Å². The molecule has 0 saturated carbocycles. The molecule has 1 fully saturated rings. The van der Waals surface area contributed by atoms with Crippen LogP contribution in [0, 0.1) is 20.8 Å². The lowest BCUT2D eigenvalue weighted by molar-refractivity contribution is -0.0366. The first-order valence-electron chi connectivity index (χ1n) is 6.74. The maximum absolute atomic E-state index is 5.84. The maximum atomic E-state index is 5.84. The zero-order valence-corrected chi connectivity index (χ0v) is 11.4. The van der Waals surface area contributed by atoms with Crippen molar-refractivity contribution in [2.45, 2.75) is 46.3 Å². The Hall–Kier alpha value is -1.35. The van der Waals surface area contributed by atoms with E-state index in [0.717, 1.165) is 13.0 Å². The van der Waals surface area contributed by atoms with Gasteiger partial charge in [-0.15, -0.1) is 0 Å². The standard InChI is InChI=1S/C15H20N2O/c1-10-8-14-13(12(3)11(10)2)9-16-17(14)15-6-4-5-7-18-15/h8-9,15H,4-7H2,1-3H3. The minimum absolute atomic E-state index is 0.123. The third kappa shape index (κ3) is 1.74. The second-order valence-electron chi connectivity index (χ2n) is 5.29. The number of hydrogen-bond acceptors (Lipinski definition) is 2. The summed E-state index contributed by atoms with van der Waals surface area (Å²) in [5.41, 5.74) is 5.25. The molecule has 0 N–H and O–H groups in total. The highest BCUT2D eigenvalue weighted by molar-refractivity contribution is 5.84. The summed E-state index contributed by atoms with van der Waals surface area (Å²) >= 11 is 0. The molecule has 3 heteroatoms. The largest absolute Gasteiger partial charge is 0.356 e. The number of benzene rings is 1. The van der Waals surface area contributed by atoms with Crippen molar-refractivity contribution in [1.82, 2.24) is 9.78 Å². The molecule has 1 unspecified atom stereocenters. The van der Waals surface area contributed by atoms with Crippen LogP contribution in [-0.4, -0.2) is 16.4 Å². The Labute approximate surface area is 108 Å². The lowest BCUT2D eigenvalue weighted by atomic mass is 10.0. The SMILES string of the molecule is Cc1cc2c(cnn2C2CCCCO2)c(C)c1C. The first-order valence-corrected chi connectivity index (χ1v) is 6.74. The summed E-state index contributed by atoms with van der Waals surface area (Å²) in [6.45, 7) is 7.38. The van der Waals surface area contributed by atoms with Crippen LogP contribution in [-0.2, 0) is 4.74 Å². The zero-order valence-electron chi connectivity index (χ0n) is 11.4. The molecule has 1 aromatic carbocycles. The monoisotopic (exact) mass is 244 g/mol.